The molecule has 0 bridgehead atoms. The van der Waals surface area contributed by atoms with Crippen LogP contribution in [0.4, 0.5) is 11.4 Å². The highest BCUT2D eigenvalue weighted by molar-refractivity contribution is 7.13. The second kappa shape index (κ2) is 10.8. The number of thiophene rings is 1. The normalized spacial score (nSPS) is 10.5. The first kappa shape index (κ1) is 24.0. The molecule has 0 unspecified atom stereocenters. The number of carbonyl (C=O) groups is 3. The van der Waals surface area contributed by atoms with Crippen molar-refractivity contribution < 1.29 is 14.4 Å². The largest absolute Gasteiger partial charge is 0.397 e. The lowest BCUT2D eigenvalue weighted by molar-refractivity contribution is -0.136. The van der Waals surface area contributed by atoms with Crippen LogP contribution < -0.4 is 11.1 Å². The highest BCUT2D eigenvalue weighted by Gasteiger charge is 2.15. The number of rotatable bonds is 8. The molecule has 3 rings (SSSR count). The van der Waals surface area contributed by atoms with Crippen molar-refractivity contribution >= 4 is 40.4 Å². The maximum atomic E-state index is 12.7. The summed E-state index contributed by atoms with van der Waals surface area (Å²) >= 11 is 1.62. The molecule has 0 atom stereocenters. The summed E-state index contributed by atoms with van der Waals surface area (Å²) in [6.07, 6.45) is 1.92. The first-order valence-corrected chi connectivity index (χ1v) is 11.2. The van der Waals surface area contributed by atoms with Gasteiger partial charge in [0, 0.05) is 31.6 Å². The third kappa shape index (κ3) is 6.43. The van der Waals surface area contributed by atoms with Gasteiger partial charge in [0.2, 0.25) is 11.8 Å². The van der Waals surface area contributed by atoms with Gasteiger partial charge in [-0.15, -0.1) is 11.3 Å². The van der Waals surface area contributed by atoms with E-state index in [0.717, 1.165) is 16.0 Å². The van der Waals surface area contributed by atoms with E-state index >= 15 is 0 Å². The molecule has 1 heterocycles. The van der Waals surface area contributed by atoms with Gasteiger partial charge in [-0.05, 0) is 53.3 Å². The Labute approximate surface area is 197 Å². The Bertz CT molecular complexity index is 1130. The third-order valence-corrected chi connectivity index (χ3v) is 6.00. The summed E-state index contributed by atoms with van der Waals surface area (Å²) in [4.78, 5) is 40.6. The molecular weight excluding hydrogens is 436 g/mol. The van der Waals surface area contributed by atoms with Crippen LogP contribution in [0.15, 0.2) is 60.0 Å². The fraction of sp³-hybridized carbons (Fsp3) is 0.200. The van der Waals surface area contributed by atoms with Crippen molar-refractivity contribution in [2.24, 2.45) is 0 Å². The lowest BCUT2D eigenvalue weighted by atomic mass is 10.1. The van der Waals surface area contributed by atoms with Crippen LogP contribution in [0, 0.1) is 6.42 Å². The highest BCUT2D eigenvalue weighted by Crippen LogP contribution is 2.30. The standard InChI is InChI=1S/C25H27N4O3S/c1-28(2)24(31)16-29(3)23(30)13-8-17-6-9-18(10-7-17)25(32)27-21-15-19(11-12-20(21)26)22-5-4-14-33-22/h4-7,9-15H,8,16,26H2,1-3H3,(H,27,32). The third-order valence-electron chi connectivity index (χ3n) is 5.08. The van der Waals surface area contributed by atoms with Crippen molar-refractivity contribution in [1.29, 1.82) is 0 Å². The number of amides is 3. The van der Waals surface area contributed by atoms with Gasteiger partial charge in [-0.1, -0.05) is 24.3 Å². The van der Waals surface area contributed by atoms with Crippen LogP contribution in [0.2, 0.25) is 0 Å². The molecule has 0 fully saturated rings. The van der Waals surface area contributed by atoms with E-state index in [0.29, 0.717) is 23.4 Å². The van der Waals surface area contributed by atoms with E-state index in [-0.39, 0.29) is 24.3 Å². The first-order valence-electron chi connectivity index (χ1n) is 10.4. The van der Waals surface area contributed by atoms with Crippen LogP contribution >= 0.6 is 11.3 Å². The van der Waals surface area contributed by atoms with E-state index in [1.165, 1.54) is 16.2 Å². The van der Waals surface area contributed by atoms with Crippen molar-refractivity contribution in [3.05, 3.63) is 77.5 Å². The molecule has 0 saturated heterocycles. The molecule has 0 saturated carbocycles. The number of carbonyl (C=O) groups excluding carboxylic acids is 3. The average molecular weight is 464 g/mol. The first-order chi connectivity index (χ1) is 15.7. The van der Waals surface area contributed by atoms with Gasteiger partial charge in [-0.2, -0.15) is 0 Å². The molecule has 33 heavy (non-hydrogen) atoms. The predicted octanol–water partition coefficient (Wildman–Crippen LogP) is 3.54. The van der Waals surface area contributed by atoms with E-state index < -0.39 is 0 Å². The van der Waals surface area contributed by atoms with E-state index in [4.69, 9.17) is 5.73 Å². The van der Waals surface area contributed by atoms with Gasteiger partial charge in [-0.3, -0.25) is 14.4 Å². The van der Waals surface area contributed by atoms with Gasteiger partial charge >= 0.3 is 0 Å². The van der Waals surface area contributed by atoms with Gasteiger partial charge in [-0.25, -0.2) is 0 Å². The fourth-order valence-electron chi connectivity index (χ4n) is 3.03. The number of hydrogen-bond acceptors (Lipinski definition) is 5. The second-order valence-electron chi connectivity index (χ2n) is 7.82. The molecule has 1 aromatic heterocycles. The van der Waals surface area contributed by atoms with Crippen LogP contribution in [-0.2, 0) is 16.0 Å². The number of hydrogen-bond donors (Lipinski definition) is 2. The van der Waals surface area contributed by atoms with Gasteiger partial charge in [0.15, 0.2) is 0 Å². The summed E-state index contributed by atoms with van der Waals surface area (Å²) in [6.45, 7) is 0.0260. The van der Waals surface area contributed by atoms with Crippen LogP contribution in [0.5, 0.6) is 0 Å². The van der Waals surface area contributed by atoms with Gasteiger partial charge in [0.1, 0.15) is 0 Å². The molecule has 0 aliphatic carbocycles. The minimum Gasteiger partial charge on any atom is -0.397 e. The maximum absolute atomic E-state index is 12.7. The summed E-state index contributed by atoms with van der Waals surface area (Å²) in [5, 5.41) is 4.87. The minimum atomic E-state index is -0.265. The summed E-state index contributed by atoms with van der Waals surface area (Å²) in [7, 11) is 4.89. The van der Waals surface area contributed by atoms with E-state index in [1.54, 1.807) is 62.8 Å². The molecule has 0 aliphatic rings. The topological polar surface area (TPSA) is 95.7 Å². The predicted molar refractivity (Wildman–Crippen MR) is 133 cm³/mol. The SMILES string of the molecule is CN(C)C(=O)CN(C)C(=O)[CH]Cc1ccc(C(=O)Nc2cc(-c3cccs3)ccc2N)cc1. The minimum absolute atomic E-state index is 0.0260. The molecule has 2 aromatic carbocycles. The van der Waals surface area contributed by atoms with Gasteiger partial charge in [0.25, 0.3) is 5.91 Å². The highest BCUT2D eigenvalue weighted by atomic mass is 32.1. The number of nitrogen functional groups attached to an aromatic ring is 1. The van der Waals surface area contributed by atoms with Crippen molar-refractivity contribution in [2.75, 3.05) is 38.7 Å². The lowest BCUT2D eigenvalue weighted by Crippen LogP contribution is -2.38. The zero-order valence-corrected chi connectivity index (χ0v) is 19.7. The van der Waals surface area contributed by atoms with E-state index in [9.17, 15) is 14.4 Å². The Morgan fingerprint density at radius 1 is 1.03 bits per heavy atom. The zero-order chi connectivity index (χ0) is 24.0. The summed E-state index contributed by atoms with van der Waals surface area (Å²) in [5.74, 6) is -0.636. The van der Waals surface area contributed by atoms with Gasteiger partial charge in [0.05, 0.1) is 24.3 Å². The smallest absolute Gasteiger partial charge is 0.255 e. The van der Waals surface area contributed by atoms with Crippen molar-refractivity contribution in [3.8, 4) is 10.4 Å². The van der Waals surface area contributed by atoms with Crippen LogP contribution in [0.3, 0.4) is 0 Å². The van der Waals surface area contributed by atoms with Gasteiger partial charge < -0.3 is 20.9 Å². The number of anilines is 2. The molecule has 171 valence electrons. The molecule has 0 aliphatic heterocycles. The Hall–Kier alpha value is -3.65. The zero-order valence-electron chi connectivity index (χ0n) is 18.9. The molecule has 3 amide bonds. The average Bonchev–Trinajstić information content (AvgIpc) is 3.34. The number of nitrogens with zero attached hydrogens (tertiary/aromatic N) is 2. The fourth-order valence-corrected chi connectivity index (χ4v) is 3.75. The molecular formula is C25H27N4O3S. The molecule has 3 N–H and O–H groups in total. The van der Waals surface area contributed by atoms with E-state index in [2.05, 4.69) is 5.32 Å². The van der Waals surface area contributed by atoms with Crippen LogP contribution in [-0.4, -0.2) is 55.2 Å². The molecule has 1 radical (unpaired) electrons. The summed E-state index contributed by atoms with van der Waals surface area (Å²) in [6, 6.07) is 16.6. The number of nitrogens with one attached hydrogen (secondary N) is 1. The Morgan fingerprint density at radius 2 is 1.76 bits per heavy atom. The van der Waals surface area contributed by atoms with E-state index in [1.807, 2.05) is 29.6 Å². The number of nitrogens with two attached hydrogens (primary N) is 1. The second-order valence-corrected chi connectivity index (χ2v) is 8.77. The molecule has 3 aromatic rings. The van der Waals surface area contributed by atoms with Crippen LogP contribution in [0.1, 0.15) is 15.9 Å². The monoisotopic (exact) mass is 463 g/mol. The van der Waals surface area contributed by atoms with Crippen LogP contribution in [0.25, 0.3) is 10.4 Å². The molecule has 0 spiro atoms. The summed E-state index contributed by atoms with van der Waals surface area (Å²) in [5.41, 5.74) is 9.46. The quantitative estimate of drug-likeness (QED) is 0.500. The maximum Gasteiger partial charge on any atom is 0.255 e. The lowest BCUT2D eigenvalue weighted by Gasteiger charge is -2.19. The molecule has 8 heteroatoms. The Kier molecular flexibility index (Phi) is 7.84. The Morgan fingerprint density at radius 3 is 2.39 bits per heavy atom. The summed E-state index contributed by atoms with van der Waals surface area (Å²) < 4.78 is 0. The van der Waals surface area contributed by atoms with Crippen molar-refractivity contribution in [3.63, 3.8) is 0 Å². The molecule has 7 nitrogen and oxygen atoms in total. The number of likely N-dealkylation sites (N-methyl/N-ethyl adjacent to an activating group) is 2. The van der Waals surface area contributed by atoms with Crippen molar-refractivity contribution in [1.82, 2.24) is 9.80 Å². The van der Waals surface area contributed by atoms with Crippen molar-refractivity contribution in [2.45, 2.75) is 6.42 Å². The number of benzene rings is 2. The Balaban J connectivity index is 1.58.